The second-order valence-electron chi connectivity index (χ2n) is 3.48. The van der Waals surface area contributed by atoms with Crippen molar-refractivity contribution in [3.05, 3.63) is 0 Å². The van der Waals surface area contributed by atoms with Gasteiger partial charge in [-0.3, -0.25) is 0 Å². The highest BCUT2D eigenvalue weighted by Gasteiger charge is 2.18. The summed E-state index contributed by atoms with van der Waals surface area (Å²) in [6, 6.07) is 0. The van der Waals surface area contributed by atoms with E-state index in [2.05, 4.69) is 7.85 Å². The number of aliphatic hydroxyl groups is 1. The zero-order chi connectivity index (χ0) is 7.40. The third-order valence-corrected chi connectivity index (χ3v) is 2.80. The Morgan fingerprint density at radius 2 is 1.60 bits per heavy atom. The Hall–Kier alpha value is 0.0249. The van der Waals surface area contributed by atoms with Crippen molar-refractivity contribution < 1.29 is 5.11 Å². The van der Waals surface area contributed by atoms with Crippen LogP contribution in [0.25, 0.3) is 0 Å². The average Bonchev–Trinajstić information content (AvgIpc) is 2.05. The average molecular weight is 140 g/mol. The van der Waals surface area contributed by atoms with Crippen LogP contribution >= 0.6 is 0 Å². The molecule has 1 aliphatic rings. The first-order valence-corrected chi connectivity index (χ1v) is 4.47. The molecule has 0 unspecified atom stereocenters. The van der Waals surface area contributed by atoms with Crippen molar-refractivity contribution in [3.8, 4) is 0 Å². The van der Waals surface area contributed by atoms with Gasteiger partial charge in [-0.2, -0.15) is 0 Å². The Balaban J connectivity index is 2.17. The second-order valence-corrected chi connectivity index (χ2v) is 3.48. The van der Waals surface area contributed by atoms with E-state index >= 15 is 0 Å². The summed E-state index contributed by atoms with van der Waals surface area (Å²) in [6.07, 6.45) is 6.55. The van der Waals surface area contributed by atoms with Crippen LogP contribution in [0.3, 0.4) is 0 Å². The normalized spacial score (nSPS) is 34.1. The molecular formula is C8H17BO. The first kappa shape index (κ1) is 8.12. The van der Waals surface area contributed by atoms with E-state index in [1.807, 2.05) is 0 Å². The fraction of sp³-hybridized carbons (Fsp3) is 1.00. The van der Waals surface area contributed by atoms with Crippen LogP contribution in [-0.2, 0) is 0 Å². The van der Waals surface area contributed by atoms with Crippen LogP contribution in [0.5, 0.6) is 0 Å². The molecule has 0 heterocycles. The molecule has 1 nitrogen and oxygen atoms in total. The molecule has 0 amide bonds. The molecule has 1 N–H and O–H groups in total. The maximum absolute atomic E-state index is 8.85. The third kappa shape index (κ3) is 2.01. The molecule has 10 heavy (non-hydrogen) atoms. The molecule has 2 heteroatoms. The van der Waals surface area contributed by atoms with Gasteiger partial charge in [0.2, 0.25) is 0 Å². The summed E-state index contributed by atoms with van der Waals surface area (Å²) in [5.41, 5.74) is 0. The van der Waals surface area contributed by atoms with E-state index < -0.39 is 0 Å². The molecule has 0 radical (unpaired) electrons. The second kappa shape index (κ2) is 4.02. The summed E-state index contributed by atoms with van der Waals surface area (Å²) in [4.78, 5) is 0. The Bertz CT molecular complexity index is 75.3. The minimum absolute atomic E-state index is 0.413. The highest BCUT2D eigenvalue weighted by Crippen LogP contribution is 2.29. The fourth-order valence-electron chi connectivity index (χ4n) is 1.82. The van der Waals surface area contributed by atoms with Crippen molar-refractivity contribution in [1.29, 1.82) is 0 Å². The predicted octanol–water partition coefficient (Wildman–Crippen LogP) is 0.837. The van der Waals surface area contributed by atoms with Crippen LogP contribution in [0.1, 0.15) is 25.7 Å². The van der Waals surface area contributed by atoms with Gasteiger partial charge >= 0.3 is 0 Å². The lowest BCUT2D eigenvalue weighted by Crippen LogP contribution is -2.16. The van der Waals surface area contributed by atoms with Crippen molar-refractivity contribution in [3.63, 3.8) is 0 Å². The first-order valence-electron chi connectivity index (χ1n) is 4.47. The maximum atomic E-state index is 8.85. The molecule has 1 aliphatic carbocycles. The van der Waals surface area contributed by atoms with Gasteiger partial charge in [0, 0.05) is 6.61 Å². The highest BCUT2D eigenvalue weighted by atomic mass is 16.3. The van der Waals surface area contributed by atoms with Crippen LogP contribution in [0.2, 0.25) is 6.32 Å². The van der Waals surface area contributed by atoms with E-state index in [4.69, 9.17) is 5.11 Å². The number of hydrogen-bond acceptors (Lipinski definition) is 1. The molecule has 58 valence electrons. The largest absolute Gasteiger partial charge is 0.396 e. The maximum Gasteiger partial charge on any atom is 0.101 e. The molecule has 1 rings (SSSR count). The van der Waals surface area contributed by atoms with Crippen LogP contribution in [0, 0.1) is 11.8 Å². The molecule has 0 atom stereocenters. The standard InChI is InChI=1S/C8H17BO/c9-5-7-1-3-8(6-10)4-2-7/h7-8,10H,1-6,9H2. The topological polar surface area (TPSA) is 20.2 Å². The van der Waals surface area contributed by atoms with Crippen LogP contribution in [0.15, 0.2) is 0 Å². The van der Waals surface area contributed by atoms with Gasteiger partial charge in [0.1, 0.15) is 7.85 Å². The molecule has 0 bridgehead atoms. The van der Waals surface area contributed by atoms with Gasteiger partial charge in [-0.15, -0.1) is 0 Å². The zero-order valence-corrected chi connectivity index (χ0v) is 6.84. The van der Waals surface area contributed by atoms with Gasteiger partial charge in [-0.1, -0.05) is 19.2 Å². The predicted molar refractivity (Wildman–Crippen MR) is 45.9 cm³/mol. The molecule has 0 spiro atoms. The molecule has 0 aromatic heterocycles. The number of rotatable bonds is 2. The van der Waals surface area contributed by atoms with E-state index in [1.165, 1.54) is 32.0 Å². The monoisotopic (exact) mass is 140 g/mol. The van der Waals surface area contributed by atoms with Crippen molar-refractivity contribution in [2.24, 2.45) is 11.8 Å². The summed E-state index contributed by atoms with van der Waals surface area (Å²) in [5, 5.41) is 8.85. The van der Waals surface area contributed by atoms with Gasteiger partial charge in [0.25, 0.3) is 0 Å². The van der Waals surface area contributed by atoms with Crippen molar-refractivity contribution in [2.45, 2.75) is 32.0 Å². The Morgan fingerprint density at radius 1 is 1.10 bits per heavy atom. The van der Waals surface area contributed by atoms with Crippen LogP contribution < -0.4 is 0 Å². The summed E-state index contributed by atoms with van der Waals surface area (Å²) < 4.78 is 0. The SMILES string of the molecule is BCC1CCC(CO)CC1. The van der Waals surface area contributed by atoms with Gasteiger partial charge < -0.3 is 5.11 Å². The minimum atomic E-state index is 0.413. The molecule has 1 fully saturated rings. The smallest absolute Gasteiger partial charge is 0.101 e. The van der Waals surface area contributed by atoms with E-state index in [0.29, 0.717) is 12.5 Å². The van der Waals surface area contributed by atoms with Crippen molar-refractivity contribution >= 4 is 7.85 Å². The quantitative estimate of drug-likeness (QED) is 0.563. The van der Waals surface area contributed by atoms with Gasteiger partial charge in [0.15, 0.2) is 0 Å². The highest BCUT2D eigenvalue weighted by molar-refractivity contribution is 6.08. The molecule has 0 saturated heterocycles. The lowest BCUT2D eigenvalue weighted by molar-refractivity contribution is 0.172. The van der Waals surface area contributed by atoms with Crippen LogP contribution in [0.4, 0.5) is 0 Å². The van der Waals surface area contributed by atoms with Gasteiger partial charge in [0.05, 0.1) is 0 Å². The summed E-state index contributed by atoms with van der Waals surface area (Å²) in [6.45, 7) is 0.413. The summed E-state index contributed by atoms with van der Waals surface area (Å²) in [5.74, 6) is 1.59. The Kier molecular flexibility index (Phi) is 3.27. The van der Waals surface area contributed by atoms with E-state index in [0.717, 1.165) is 5.92 Å². The van der Waals surface area contributed by atoms with Crippen LogP contribution in [-0.4, -0.2) is 19.6 Å². The first-order chi connectivity index (χ1) is 4.86. The van der Waals surface area contributed by atoms with Crippen molar-refractivity contribution in [2.75, 3.05) is 6.61 Å². The minimum Gasteiger partial charge on any atom is -0.396 e. The van der Waals surface area contributed by atoms with Gasteiger partial charge in [-0.05, 0) is 24.7 Å². The third-order valence-electron chi connectivity index (χ3n) is 2.80. The molecule has 0 aromatic carbocycles. The Morgan fingerprint density at radius 3 is 2.00 bits per heavy atom. The lowest BCUT2D eigenvalue weighted by Gasteiger charge is -2.26. The Labute approximate surface area is 64.2 Å². The lowest BCUT2D eigenvalue weighted by atomic mass is 9.76. The molecular weight excluding hydrogens is 123 g/mol. The number of hydrogen-bond donors (Lipinski definition) is 1. The van der Waals surface area contributed by atoms with Crippen molar-refractivity contribution in [1.82, 2.24) is 0 Å². The van der Waals surface area contributed by atoms with Gasteiger partial charge in [-0.25, -0.2) is 0 Å². The molecule has 1 saturated carbocycles. The summed E-state index contributed by atoms with van der Waals surface area (Å²) >= 11 is 0. The van der Waals surface area contributed by atoms with E-state index in [9.17, 15) is 0 Å². The molecule has 0 aliphatic heterocycles. The molecule has 0 aromatic rings. The van der Waals surface area contributed by atoms with E-state index in [-0.39, 0.29) is 0 Å². The summed E-state index contributed by atoms with van der Waals surface area (Å²) in [7, 11) is 2.27. The fourth-order valence-corrected chi connectivity index (χ4v) is 1.82. The number of aliphatic hydroxyl groups excluding tert-OH is 1. The zero-order valence-electron chi connectivity index (χ0n) is 6.84. The van der Waals surface area contributed by atoms with E-state index in [1.54, 1.807) is 0 Å².